The van der Waals surface area contributed by atoms with Crippen LogP contribution in [-0.2, 0) is 6.42 Å². The van der Waals surface area contributed by atoms with E-state index in [-0.39, 0.29) is 12.6 Å². The fourth-order valence-corrected chi connectivity index (χ4v) is 1.64. The Balaban J connectivity index is 2.23. The van der Waals surface area contributed by atoms with E-state index in [1.807, 2.05) is 18.2 Å². The highest BCUT2D eigenvalue weighted by Gasteiger charge is 2.16. The Labute approximate surface area is 88.6 Å². The molecule has 4 heteroatoms. The van der Waals surface area contributed by atoms with Gasteiger partial charge in [-0.15, -0.1) is 0 Å². The molecule has 0 bridgehead atoms. The van der Waals surface area contributed by atoms with E-state index in [0.29, 0.717) is 19.6 Å². The molecule has 1 aromatic rings. The van der Waals surface area contributed by atoms with Crippen LogP contribution in [0.2, 0.25) is 0 Å². The largest absolute Gasteiger partial charge is 0.486 e. The maximum Gasteiger partial charge on any atom is 0.164 e. The van der Waals surface area contributed by atoms with Crippen molar-refractivity contribution in [1.82, 2.24) is 0 Å². The zero-order chi connectivity index (χ0) is 10.7. The first-order valence-electron chi connectivity index (χ1n) is 5.05. The lowest BCUT2D eigenvalue weighted by Gasteiger charge is -2.21. The van der Waals surface area contributed by atoms with Gasteiger partial charge in [-0.1, -0.05) is 12.1 Å². The quantitative estimate of drug-likeness (QED) is 0.752. The van der Waals surface area contributed by atoms with Crippen molar-refractivity contribution in [2.24, 2.45) is 5.73 Å². The minimum absolute atomic E-state index is 0.0233. The molecular weight excluding hydrogens is 194 g/mol. The fraction of sp³-hybridized carbons (Fsp3) is 0.455. The number of para-hydroxylation sites is 1. The second-order valence-electron chi connectivity index (χ2n) is 3.59. The lowest BCUT2D eigenvalue weighted by atomic mass is 10.1. The molecule has 0 saturated heterocycles. The number of hydrogen-bond acceptors (Lipinski definition) is 4. The number of ether oxygens (including phenoxy) is 2. The first-order valence-corrected chi connectivity index (χ1v) is 5.05. The van der Waals surface area contributed by atoms with Crippen LogP contribution in [0, 0.1) is 0 Å². The van der Waals surface area contributed by atoms with E-state index < -0.39 is 0 Å². The molecule has 2 rings (SSSR count). The lowest BCUT2D eigenvalue weighted by molar-refractivity contribution is 0.169. The van der Waals surface area contributed by atoms with Crippen LogP contribution in [-0.4, -0.2) is 31.0 Å². The molecule has 0 radical (unpaired) electrons. The van der Waals surface area contributed by atoms with Gasteiger partial charge in [0.25, 0.3) is 0 Å². The van der Waals surface area contributed by atoms with Crippen LogP contribution in [0.1, 0.15) is 5.56 Å². The Morgan fingerprint density at radius 3 is 2.93 bits per heavy atom. The number of hydrogen-bond donors (Lipinski definition) is 2. The Morgan fingerprint density at radius 2 is 2.13 bits per heavy atom. The average molecular weight is 209 g/mol. The molecule has 1 unspecified atom stereocenters. The molecule has 1 aromatic carbocycles. The molecule has 0 saturated carbocycles. The van der Waals surface area contributed by atoms with Gasteiger partial charge in [-0.25, -0.2) is 0 Å². The van der Waals surface area contributed by atoms with Gasteiger partial charge >= 0.3 is 0 Å². The molecule has 1 aliphatic rings. The van der Waals surface area contributed by atoms with Gasteiger partial charge in [0, 0.05) is 6.04 Å². The monoisotopic (exact) mass is 209 g/mol. The summed E-state index contributed by atoms with van der Waals surface area (Å²) in [6.07, 6.45) is 0.600. The van der Waals surface area contributed by atoms with Crippen LogP contribution in [0.25, 0.3) is 0 Å². The maximum absolute atomic E-state index is 8.90. The summed E-state index contributed by atoms with van der Waals surface area (Å²) in [5.74, 6) is 1.54. The van der Waals surface area contributed by atoms with E-state index in [2.05, 4.69) is 0 Å². The van der Waals surface area contributed by atoms with Gasteiger partial charge in [0.05, 0.1) is 6.61 Å². The highest BCUT2D eigenvalue weighted by Crippen LogP contribution is 2.33. The van der Waals surface area contributed by atoms with Crippen molar-refractivity contribution in [3.8, 4) is 11.5 Å². The van der Waals surface area contributed by atoms with Crippen LogP contribution >= 0.6 is 0 Å². The number of rotatable bonds is 3. The van der Waals surface area contributed by atoms with E-state index >= 15 is 0 Å². The number of fused-ring (bicyclic) bond motifs is 1. The van der Waals surface area contributed by atoms with Crippen molar-refractivity contribution < 1.29 is 14.6 Å². The van der Waals surface area contributed by atoms with Gasteiger partial charge in [-0.3, -0.25) is 0 Å². The number of benzene rings is 1. The molecule has 1 heterocycles. The first kappa shape index (κ1) is 10.3. The van der Waals surface area contributed by atoms with Crippen LogP contribution < -0.4 is 15.2 Å². The fourth-order valence-electron chi connectivity index (χ4n) is 1.64. The zero-order valence-corrected chi connectivity index (χ0v) is 8.48. The zero-order valence-electron chi connectivity index (χ0n) is 8.48. The number of nitrogens with two attached hydrogens (primary N) is 1. The predicted molar refractivity (Wildman–Crippen MR) is 56.2 cm³/mol. The van der Waals surface area contributed by atoms with Gasteiger partial charge < -0.3 is 20.3 Å². The summed E-state index contributed by atoms with van der Waals surface area (Å²) < 4.78 is 11.0. The van der Waals surface area contributed by atoms with Crippen LogP contribution in [0.5, 0.6) is 11.5 Å². The van der Waals surface area contributed by atoms with Crippen molar-refractivity contribution in [3.05, 3.63) is 23.8 Å². The maximum atomic E-state index is 8.90. The van der Waals surface area contributed by atoms with Gasteiger partial charge in [0.1, 0.15) is 13.2 Å². The Hall–Kier alpha value is -1.26. The molecular formula is C11H15NO3. The second-order valence-corrected chi connectivity index (χ2v) is 3.59. The van der Waals surface area contributed by atoms with Crippen molar-refractivity contribution >= 4 is 0 Å². The van der Waals surface area contributed by atoms with Crippen molar-refractivity contribution in [1.29, 1.82) is 0 Å². The molecule has 0 aliphatic carbocycles. The minimum atomic E-state index is -0.248. The molecule has 1 aliphatic heterocycles. The number of aliphatic hydroxyl groups is 1. The van der Waals surface area contributed by atoms with Crippen LogP contribution in [0.15, 0.2) is 18.2 Å². The SMILES string of the molecule is NC(CO)Cc1cccc2c1OCCO2. The normalized spacial score (nSPS) is 16.1. The third-order valence-corrected chi connectivity index (χ3v) is 2.36. The van der Waals surface area contributed by atoms with E-state index in [4.69, 9.17) is 20.3 Å². The Morgan fingerprint density at radius 1 is 1.33 bits per heavy atom. The predicted octanol–water partition coefficient (Wildman–Crippen LogP) is 0.320. The van der Waals surface area contributed by atoms with Crippen molar-refractivity contribution in [2.45, 2.75) is 12.5 Å². The third kappa shape index (κ3) is 2.22. The molecule has 1 atom stereocenters. The Kier molecular flexibility index (Phi) is 3.08. The van der Waals surface area contributed by atoms with E-state index in [0.717, 1.165) is 17.1 Å². The smallest absolute Gasteiger partial charge is 0.164 e. The molecule has 0 aromatic heterocycles. The summed E-state index contributed by atoms with van der Waals surface area (Å²) >= 11 is 0. The van der Waals surface area contributed by atoms with Gasteiger partial charge in [-0.05, 0) is 18.1 Å². The van der Waals surface area contributed by atoms with E-state index in [1.165, 1.54) is 0 Å². The summed E-state index contributed by atoms with van der Waals surface area (Å²) in [7, 11) is 0. The minimum Gasteiger partial charge on any atom is -0.486 e. The number of aliphatic hydroxyl groups excluding tert-OH is 1. The van der Waals surface area contributed by atoms with Gasteiger partial charge in [-0.2, -0.15) is 0 Å². The molecule has 15 heavy (non-hydrogen) atoms. The molecule has 0 spiro atoms. The van der Waals surface area contributed by atoms with Crippen LogP contribution in [0.3, 0.4) is 0 Å². The summed E-state index contributed by atoms with van der Waals surface area (Å²) in [5, 5.41) is 8.90. The summed E-state index contributed by atoms with van der Waals surface area (Å²) in [4.78, 5) is 0. The standard InChI is InChI=1S/C11H15NO3/c12-9(7-13)6-8-2-1-3-10-11(8)15-5-4-14-10/h1-3,9,13H,4-7,12H2. The first-order chi connectivity index (χ1) is 7.31. The second kappa shape index (κ2) is 4.51. The average Bonchev–Trinajstić information content (AvgIpc) is 2.29. The highest BCUT2D eigenvalue weighted by atomic mass is 16.6. The Bertz CT molecular complexity index is 341. The molecule has 4 nitrogen and oxygen atoms in total. The molecule has 82 valence electrons. The molecule has 0 amide bonds. The van der Waals surface area contributed by atoms with Gasteiger partial charge in [0.2, 0.25) is 0 Å². The third-order valence-electron chi connectivity index (χ3n) is 2.36. The lowest BCUT2D eigenvalue weighted by Crippen LogP contribution is -2.27. The topological polar surface area (TPSA) is 64.7 Å². The van der Waals surface area contributed by atoms with Gasteiger partial charge in [0.15, 0.2) is 11.5 Å². The van der Waals surface area contributed by atoms with E-state index in [1.54, 1.807) is 0 Å². The summed E-state index contributed by atoms with van der Waals surface area (Å²) in [6.45, 7) is 1.13. The molecule has 0 fully saturated rings. The van der Waals surface area contributed by atoms with Crippen molar-refractivity contribution in [3.63, 3.8) is 0 Å². The summed E-state index contributed by atoms with van der Waals surface area (Å²) in [6, 6.07) is 5.49. The van der Waals surface area contributed by atoms with E-state index in [9.17, 15) is 0 Å². The highest BCUT2D eigenvalue weighted by molar-refractivity contribution is 5.47. The van der Waals surface area contributed by atoms with Crippen molar-refractivity contribution in [2.75, 3.05) is 19.8 Å². The molecule has 3 N–H and O–H groups in total. The van der Waals surface area contributed by atoms with Crippen LogP contribution in [0.4, 0.5) is 0 Å². The summed E-state index contributed by atoms with van der Waals surface area (Å²) in [5.41, 5.74) is 6.69.